The molecule has 1 aliphatic carbocycles. The predicted octanol–water partition coefficient (Wildman–Crippen LogP) is 4.78. The van der Waals surface area contributed by atoms with Crippen molar-refractivity contribution >= 4 is 35.4 Å². The van der Waals surface area contributed by atoms with Gasteiger partial charge < -0.3 is 21.5 Å². The number of aliphatic imine (C=N–C) groups is 1. The zero-order valence-corrected chi connectivity index (χ0v) is 28.8. The zero-order chi connectivity index (χ0) is 38.0. The highest BCUT2D eigenvalue weighted by Gasteiger charge is 2.64. The van der Waals surface area contributed by atoms with Crippen LogP contribution < -0.4 is 22.6 Å². The van der Waals surface area contributed by atoms with Crippen LogP contribution in [0.15, 0.2) is 58.9 Å². The number of hydrogen-bond acceptors (Lipinski definition) is 10. The number of alkyl carbamates (subject to hydrolysis) is 1. The zero-order valence-electron chi connectivity index (χ0n) is 28.1. The number of nitrogens with one attached hydrogen (secondary N) is 1. The number of rotatable bonds is 14. The molecule has 3 aromatic rings. The second-order valence-corrected chi connectivity index (χ2v) is 12.7. The highest BCUT2D eigenvalue weighted by molar-refractivity contribution is 6.32. The first kappa shape index (κ1) is 38.2. The van der Waals surface area contributed by atoms with Crippen LogP contribution in [0.1, 0.15) is 80.9 Å². The number of alkyl halides is 5. The molecule has 5 rings (SSSR count). The molecule has 1 aromatic heterocycles. The Kier molecular flexibility index (Phi) is 10.9. The molecule has 2 aromatic carbocycles. The summed E-state index contributed by atoms with van der Waals surface area (Å²) in [4.78, 5) is 36.7. The number of carbonyl (C=O) groups is 2. The third-order valence-corrected chi connectivity index (χ3v) is 9.07. The summed E-state index contributed by atoms with van der Waals surface area (Å²) in [5, 5.41) is 11.1. The molecule has 7 N–H and O–H groups in total. The summed E-state index contributed by atoms with van der Waals surface area (Å²) < 4.78 is 74.4. The van der Waals surface area contributed by atoms with Gasteiger partial charge in [0.25, 0.3) is 12.3 Å². The van der Waals surface area contributed by atoms with Crippen molar-refractivity contribution in [2.45, 2.75) is 75.7 Å². The van der Waals surface area contributed by atoms with Crippen LogP contribution in [0.25, 0.3) is 5.69 Å². The predicted molar refractivity (Wildman–Crippen MR) is 180 cm³/mol. The topological polar surface area (TPSA) is 195 Å². The summed E-state index contributed by atoms with van der Waals surface area (Å²) in [6.07, 6.45) is -7.54. The first-order valence-corrected chi connectivity index (χ1v) is 16.6. The lowest BCUT2D eigenvalue weighted by Crippen LogP contribution is -2.49. The molecule has 1 aliphatic heterocycles. The first-order chi connectivity index (χ1) is 24.6. The normalized spacial score (nSPS) is 19.1. The Morgan fingerprint density at radius 1 is 1.15 bits per heavy atom. The number of ether oxygens (including phenoxy) is 1. The van der Waals surface area contributed by atoms with Crippen molar-refractivity contribution in [3.05, 3.63) is 76.3 Å². The number of guanidine groups is 1. The second-order valence-electron chi connectivity index (χ2n) is 12.3. The molecule has 14 nitrogen and oxygen atoms in total. The van der Waals surface area contributed by atoms with Gasteiger partial charge in [-0.15, -0.1) is 5.10 Å². The number of carbonyl (C=O) groups excluding carboxylic acids is 2. The molecule has 280 valence electrons. The van der Waals surface area contributed by atoms with Gasteiger partial charge in [0.1, 0.15) is 18.5 Å². The molecule has 2 heterocycles. The van der Waals surface area contributed by atoms with E-state index in [1.54, 1.807) is 24.3 Å². The lowest BCUT2D eigenvalue weighted by molar-refractivity contribution is -0.164. The van der Waals surface area contributed by atoms with Gasteiger partial charge in [-0.05, 0) is 48.9 Å². The minimum absolute atomic E-state index is 0.0283. The SMILES string of the molecule is CCCN(N)/N=C(\N)c1ccc([C@@]2(CCC)N=C(N)N([C@H](COC(=O)NC3(C(F)(F)F)CC3)c3ccc(Cl)c(-n4ncnc4C(F)F)c3)C2=O)cc1. The fourth-order valence-electron chi connectivity index (χ4n) is 5.95. The van der Waals surface area contributed by atoms with Gasteiger partial charge in [-0.2, -0.15) is 18.3 Å². The molecule has 0 saturated heterocycles. The number of halogens is 6. The lowest BCUT2D eigenvalue weighted by Gasteiger charge is -2.32. The highest BCUT2D eigenvalue weighted by atomic mass is 35.5. The van der Waals surface area contributed by atoms with Gasteiger partial charge in [-0.25, -0.2) is 39.2 Å². The largest absolute Gasteiger partial charge is 0.447 e. The molecular formula is C32H37ClF5N11O3. The molecule has 2 aliphatic rings. The van der Waals surface area contributed by atoms with Gasteiger partial charge in [-0.1, -0.05) is 62.2 Å². The maximum absolute atomic E-state index is 14.6. The van der Waals surface area contributed by atoms with Crippen LogP contribution in [0.4, 0.5) is 26.7 Å². The number of aromatic nitrogens is 3. The Morgan fingerprint density at radius 2 is 1.85 bits per heavy atom. The van der Waals surface area contributed by atoms with Crippen molar-refractivity contribution in [2.75, 3.05) is 13.2 Å². The van der Waals surface area contributed by atoms with Crippen molar-refractivity contribution in [1.29, 1.82) is 0 Å². The molecule has 52 heavy (non-hydrogen) atoms. The summed E-state index contributed by atoms with van der Waals surface area (Å²) in [7, 11) is 0. The molecule has 2 atom stereocenters. The third kappa shape index (κ3) is 7.45. The van der Waals surface area contributed by atoms with Crippen molar-refractivity contribution < 1.29 is 36.3 Å². The van der Waals surface area contributed by atoms with Crippen LogP contribution in [-0.2, 0) is 15.1 Å². The fraction of sp³-hybridized carbons (Fsp3) is 0.438. The Balaban J connectivity index is 1.53. The van der Waals surface area contributed by atoms with Crippen LogP contribution in [0, 0.1) is 0 Å². The second kappa shape index (κ2) is 14.9. The van der Waals surface area contributed by atoms with E-state index in [9.17, 15) is 31.5 Å². The number of hydrazone groups is 1. The van der Waals surface area contributed by atoms with Crippen LogP contribution in [0.3, 0.4) is 0 Å². The first-order valence-electron chi connectivity index (χ1n) is 16.2. The van der Waals surface area contributed by atoms with Crippen LogP contribution >= 0.6 is 11.6 Å². The Hall–Kier alpha value is -5.04. The highest BCUT2D eigenvalue weighted by Crippen LogP contribution is 2.49. The quantitative estimate of drug-likeness (QED) is 0.0589. The summed E-state index contributed by atoms with van der Waals surface area (Å²) in [5.74, 6) is 4.30. The standard InChI is InChI=1S/C32H37ClF5N11O3/c1-3-11-31(20-8-5-18(6-9-20)25(39)46-47(41)14-4-2)27(50)48(28(40)44-31)23(16-52-29(51)45-30(12-13-30)32(36,37)38)19-7-10-21(33)22(15-19)49-26(24(34)35)42-17-43-49/h5-10,15,17,23-24H,3-4,11-14,16,41H2,1-2H3,(H2,39,46)(H2,40,44)(H,45,51)/t23-,31-/m1/s1. The van der Waals surface area contributed by atoms with E-state index in [1.165, 1.54) is 23.3 Å². The van der Waals surface area contributed by atoms with E-state index in [-0.39, 0.29) is 47.3 Å². The monoisotopic (exact) mass is 753 g/mol. The number of amidine groups is 1. The lowest BCUT2D eigenvalue weighted by atomic mass is 9.84. The van der Waals surface area contributed by atoms with Gasteiger partial charge in [-0.3, -0.25) is 9.69 Å². The van der Waals surface area contributed by atoms with E-state index in [1.807, 2.05) is 19.2 Å². The number of hydrazine groups is 1. The Morgan fingerprint density at radius 3 is 2.44 bits per heavy atom. The number of benzene rings is 2. The van der Waals surface area contributed by atoms with Crippen molar-refractivity contribution in [3.8, 4) is 5.69 Å². The van der Waals surface area contributed by atoms with E-state index in [0.717, 1.165) is 22.3 Å². The van der Waals surface area contributed by atoms with E-state index in [4.69, 9.17) is 33.6 Å². The molecule has 1 fully saturated rings. The number of nitrogens with zero attached hydrogens (tertiary/aromatic N) is 7. The van der Waals surface area contributed by atoms with Crippen LogP contribution in [-0.4, -0.2) is 73.4 Å². The summed E-state index contributed by atoms with van der Waals surface area (Å²) >= 11 is 6.39. The van der Waals surface area contributed by atoms with Gasteiger partial charge in [0.2, 0.25) is 0 Å². The Bertz CT molecular complexity index is 1850. The van der Waals surface area contributed by atoms with Crippen molar-refractivity contribution in [3.63, 3.8) is 0 Å². The van der Waals surface area contributed by atoms with E-state index in [0.29, 0.717) is 24.1 Å². The van der Waals surface area contributed by atoms with Gasteiger partial charge in [0, 0.05) is 5.56 Å². The van der Waals surface area contributed by atoms with E-state index >= 15 is 0 Å². The van der Waals surface area contributed by atoms with E-state index in [2.05, 4.69) is 20.2 Å². The average molecular weight is 754 g/mol. The summed E-state index contributed by atoms with van der Waals surface area (Å²) in [6, 6.07) is 9.28. The van der Waals surface area contributed by atoms with Crippen molar-refractivity contribution in [1.82, 2.24) is 30.1 Å². The Labute approximate surface area is 299 Å². The van der Waals surface area contributed by atoms with E-state index < -0.39 is 54.2 Å². The maximum Gasteiger partial charge on any atom is 0.411 e. The number of hydrogen-bond donors (Lipinski definition) is 4. The molecule has 0 spiro atoms. The molecule has 2 amide bonds. The van der Waals surface area contributed by atoms with Gasteiger partial charge in [0.05, 0.1) is 23.3 Å². The molecule has 0 unspecified atom stereocenters. The number of nitrogens with two attached hydrogens (primary N) is 3. The average Bonchev–Trinajstić information content (AvgIpc) is 3.63. The minimum Gasteiger partial charge on any atom is -0.447 e. The smallest absolute Gasteiger partial charge is 0.411 e. The van der Waals surface area contributed by atoms with Crippen molar-refractivity contribution in [2.24, 2.45) is 27.4 Å². The molecular weight excluding hydrogens is 717 g/mol. The number of amides is 2. The van der Waals surface area contributed by atoms with Crippen LogP contribution in [0.5, 0.6) is 0 Å². The molecule has 20 heteroatoms. The summed E-state index contributed by atoms with van der Waals surface area (Å²) in [5.41, 5.74) is 9.61. The third-order valence-electron chi connectivity index (χ3n) is 8.75. The molecule has 0 radical (unpaired) electrons. The van der Waals surface area contributed by atoms with Gasteiger partial charge >= 0.3 is 12.3 Å². The summed E-state index contributed by atoms with van der Waals surface area (Å²) in [6.45, 7) is 3.50. The molecule has 1 saturated carbocycles. The minimum atomic E-state index is -4.72. The molecule has 0 bridgehead atoms. The van der Waals surface area contributed by atoms with Gasteiger partial charge in [0.15, 0.2) is 23.2 Å². The maximum atomic E-state index is 14.6. The van der Waals surface area contributed by atoms with Crippen LogP contribution in [0.2, 0.25) is 5.02 Å². The fourth-order valence-corrected chi connectivity index (χ4v) is 6.14.